The Labute approximate surface area is 103 Å². The Bertz CT molecular complexity index is 295. The summed E-state index contributed by atoms with van der Waals surface area (Å²) in [6, 6.07) is 8.53. The summed E-state index contributed by atoms with van der Waals surface area (Å²) in [6.45, 7) is 6.11. The number of thioether (sulfide) groups is 1. The third-order valence-corrected chi connectivity index (χ3v) is 3.08. The van der Waals surface area contributed by atoms with Crippen LogP contribution in [-0.4, -0.2) is 17.9 Å². The fourth-order valence-corrected chi connectivity index (χ4v) is 2.30. The van der Waals surface area contributed by atoms with Gasteiger partial charge in [0.05, 0.1) is 6.10 Å². The van der Waals surface area contributed by atoms with Crippen LogP contribution in [0.5, 0.6) is 5.75 Å². The molecule has 0 aliphatic heterocycles. The largest absolute Gasteiger partial charge is 0.491 e. The topological polar surface area (TPSA) is 35.2 Å². The molecule has 90 valence electrons. The van der Waals surface area contributed by atoms with Gasteiger partial charge in [-0.2, -0.15) is 0 Å². The molecule has 0 spiro atoms. The summed E-state index contributed by atoms with van der Waals surface area (Å²) in [7, 11) is 0. The van der Waals surface area contributed by atoms with E-state index in [9.17, 15) is 0 Å². The van der Waals surface area contributed by atoms with Crippen molar-refractivity contribution in [3.63, 3.8) is 0 Å². The molecule has 0 aliphatic rings. The molecule has 1 aromatic rings. The quantitative estimate of drug-likeness (QED) is 0.774. The van der Waals surface area contributed by atoms with Crippen molar-refractivity contribution in [1.29, 1.82) is 0 Å². The molecule has 0 saturated carbocycles. The van der Waals surface area contributed by atoms with E-state index in [-0.39, 0.29) is 12.1 Å². The van der Waals surface area contributed by atoms with Gasteiger partial charge >= 0.3 is 0 Å². The number of ether oxygens (including phenoxy) is 1. The highest BCUT2D eigenvalue weighted by atomic mass is 32.2. The maximum Gasteiger partial charge on any atom is 0.119 e. The lowest BCUT2D eigenvalue weighted by atomic mass is 10.3. The van der Waals surface area contributed by atoms with Crippen LogP contribution in [0, 0.1) is 0 Å². The van der Waals surface area contributed by atoms with E-state index >= 15 is 0 Å². The highest BCUT2D eigenvalue weighted by Gasteiger charge is 1.99. The zero-order valence-corrected chi connectivity index (χ0v) is 11.1. The molecule has 0 radical (unpaired) electrons. The van der Waals surface area contributed by atoms with Crippen molar-refractivity contribution in [1.82, 2.24) is 0 Å². The Morgan fingerprint density at radius 1 is 1.19 bits per heavy atom. The number of benzene rings is 1. The average Bonchev–Trinajstić information content (AvgIpc) is 2.19. The summed E-state index contributed by atoms with van der Waals surface area (Å²) in [6.07, 6.45) is 1.28. The Balaban J connectivity index is 2.39. The maximum atomic E-state index is 5.70. The molecule has 3 heteroatoms. The molecule has 0 bridgehead atoms. The monoisotopic (exact) mass is 239 g/mol. The fraction of sp³-hybridized carbons (Fsp3) is 0.538. The van der Waals surface area contributed by atoms with Crippen LogP contribution in [0.4, 0.5) is 0 Å². The zero-order chi connectivity index (χ0) is 12.0. The van der Waals surface area contributed by atoms with E-state index in [1.54, 1.807) is 0 Å². The first kappa shape index (κ1) is 13.4. The summed E-state index contributed by atoms with van der Waals surface area (Å²) in [5.41, 5.74) is 5.70. The van der Waals surface area contributed by atoms with Crippen molar-refractivity contribution >= 4 is 11.8 Å². The van der Waals surface area contributed by atoms with Gasteiger partial charge in [-0.05, 0) is 57.2 Å². The second-order valence-electron chi connectivity index (χ2n) is 4.25. The summed E-state index contributed by atoms with van der Waals surface area (Å²) < 4.78 is 5.58. The second-order valence-corrected chi connectivity index (χ2v) is 5.42. The molecular weight excluding hydrogens is 218 g/mol. The smallest absolute Gasteiger partial charge is 0.119 e. The number of nitrogens with two attached hydrogens (primary N) is 1. The normalized spacial score (nSPS) is 12.8. The van der Waals surface area contributed by atoms with Gasteiger partial charge in [0, 0.05) is 10.9 Å². The molecule has 2 nitrogen and oxygen atoms in total. The van der Waals surface area contributed by atoms with E-state index < -0.39 is 0 Å². The predicted octanol–water partition coefficient (Wildman–Crippen LogP) is 3.30. The molecule has 1 aromatic carbocycles. The predicted molar refractivity (Wildman–Crippen MR) is 71.2 cm³/mol. The third-order valence-electron chi connectivity index (χ3n) is 2.04. The van der Waals surface area contributed by atoms with Crippen LogP contribution in [0.25, 0.3) is 0 Å². The van der Waals surface area contributed by atoms with E-state index in [0.717, 1.165) is 17.9 Å². The van der Waals surface area contributed by atoms with Crippen molar-refractivity contribution < 1.29 is 4.74 Å². The highest BCUT2D eigenvalue weighted by Crippen LogP contribution is 2.22. The standard InChI is InChI=1S/C13H21NOS/c1-10(2)15-12-4-6-13(7-5-12)16-9-8-11(3)14/h4-7,10-11H,8-9,14H2,1-3H3. The van der Waals surface area contributed by atoms with Gasteiger partial charge in [-0.25, -0.2) is 0 Å². The van der Waals surface area contributed by atoms with E-state index in [1.807, 2.05) is 44.7 Å². The van der Waals surface area contributed by atoms with Gasteiger partial charge in [-0.15, -0.1) is 11.8 Å². The zero-order valence-electron chi connectivity index (χ0n) is 10.3. The Kier molecular flexibility index (Phi) is 5.71. The second kappa shape index (κ2) is 6.81. The molecule has 1 unspecified atom stereocenters. The first-order chi connectivity index (χ1) is 7.58. The van der Waals surface area contributed by atoms with Crippen molar-refractivity contribution in [2.45, 2.75) is 44.2 Å². The molecule has 0 aliphatic carbocycles. The van der Waals surface area contributed by atoms with E-state index in [1.165, 1.54) is 4.90 Å². The lowest BCUT2D eigenvalue weighted by Gasteiger charge is -2.10. The SMILES string of the molecule is CC(N)CCSc1ccc(OC(C)C)cc1. The van der Waals surface area contributed by atoms with E-state index in [2.05, 4.69) is 12.1 Å². The molecule has 0 heterocycles. The minimum atomic E-state index is 0.233. The minimum Gasteiger partial charge on any atom is -0.491 e. The molecule has 0 fully saturated rings. The summed E-state index contributed by atoms with van der Waals surface area (Å²) in [5.74, 6) is 2.01. The van der Waals surface area contributed by atoms with E-state index in [4.69, 9.17) is 10.5 Å². The van der Waals surface area contributed by atoms with Gasteiger partial charge in [0.1, 0.15) is 5.75 Å². The molecule has 0 amide bonds. The van der Waals surface area contributed by atoms with Gasteiger partial charge in [0.15, 0.2) is 0 Å². The molecular formula is C13H21NOS. The lowest BCUT2D eigenvalue weighted by Crippen LogP contribution is -2.15. The maximum absolute atomic E-state index is 5.70. The van der Waals surface area contributed by atoms with Crippen LogP contribution in [0.3, 0.4) is 0 Å². The van der Waals surface area contributed by atoms with Crippen LogP contribution in [-0.2, 0) is 0 Å². The number of hydrogen-bond donors (Lipinski definition) is 1. The van der Waals surface area contributed by atoms with Crippen LogP contribution < -0.4 is 10.5 Å². The van der Waals surface area contributed by atoms with Crippen molar-refractivity contribution in [2.24, 2.45) is 5.73 Å². The summed E-state index contributed by atoms with van der Waals surface area (Å²) >= 11 is 1.84. The molecule has 16 heavy (non-hydrogen) atoms. The Morgan fingerprint density at radius 3 is 2.31 bits per heavy atom. The third kappa shape index (κ3) is 5.42. The lowest BCUT2D eigenvalue weighted by molar-refractivity contribution is 0.242. The molecule has 0 saturated heterocycles. The first-order valence-electron chi connectivity index (χ1n) is 5.73. The van der Waals surface area contributed by atoms with Gasteiger partial charge in [0.2, 0.25) is 0 Å². The fourth-order valence-electron chi connectivity index (χ4n) is 1.25. The Hall–Kier alpha value is -0.670. The highest BCUT2D eigenvalue weighted by molar-refractivity contribution is 7.99. The van der Waals surface area contributed by atoms with E-state index in [0.29, 0.717) is 0 Å². The van der Waals surface area contributed by atoms with Gasteiger partial charge in [-0.1, -0.05) is 0 Å². The van der Waals surface area contributed by atoms with Gasteiger partial charge < -0.3 is 10.5 Å². The minimum absolute atomic E-state index is 0.233. The average molecular weight is 239 g/mol. The summed E-state index contributed by atoms with van der Waals surface area (Å²) in [5, 5.41) is 0. The molecule has 1 atom stereocenters. The van der Waals surface area contributed by atoms with Gasteiger partial charge in [0.25, 0.3) is 0 Å². The number of rotatable bonds is 6. The molecule has 1 rings (SSSR count). The van der Waals surface area contributed by atoms with Crippen LogP contribution >= 0.6 is 11.8 Å². The molecule has 2 N–H and O–H groups in total. The van der Waals surface area contributed by atoms with Crippen molar-refractivity contribution in [3.8, 4) is 5.75 Å². The summed E-state index contributed by atoms with van der Waals surface area (Å²) in [4.78, 5) is 1.27. The number of hydrogen-bond acceptors (Lipinski definition) is 3. The van der Waals surface area contributed by atoms with Crippen LogP contribution in [0.1, 0.15) is 27.2 Å². The van der Waals surface area contributed by atoms with Gasteiger partial charge in [-0.3, -0.25) is 0 Å². The van der Waals surface area contributed by atoms with Crippen molar-refractivity contribution in [3.05, 3.63) is 24.3 Å². The Morgan fingerprint density at radius 2 is 1.81 bits per heavy atom. The first-order valence-corrected chi connectivity index (χ1v) is 6.71. The van der Waals surface area contributed by atoms with Crippen molar-refractivity contribution in [2.75, 3.05) is 5.75 Å². The molecule has 0 aromatic heterocycles. The van der Waals surface area contributed by atoms with Crippen LogP contribution in [0.2, 0.25) is 0 Å². The van der Waals surface area contributed by atoms with Crippen LogP contribution in [0.15, 0.2) is 29.2 Å².